The van der Waals surface area contributed by atoms with Gasteiger partial charge in [0, 0.05) is 17.6 Å². The Hall–Kier alpha value is -3.36. The summed E-state index contributed by atoms with van der Waals surface area (Å²) < 4.78 is 28.9. The van der Waals surface area contributed by atoms with Gasteiger partial charge in [-0.2, -0.15) is 0 Å². The van der Waals surface area contributed by atoms with Crippen molar-refractivity contribution < 1.29 is 18.0 Å². The van der Waals surface area contributed by atoms with E-state index in [1.807, 2.05) is 40.7 Å². The Labute approximate surface area is 236 Å². The number of nitrogens with one attached hydrogen (secondary N) is 1. The molecule has 0 saturated heterocycles. The Balaban J connectivity index is 2.08. The number of benzene rings is 3. The van der Waals surface area contributed by atoms with Crippen molar-refractivity contribution in [1.82, 2.24) is 10.2 Å². The fourth-order valence-electron chi connectivity index (χ4n) is 4.26. The highest BCUT2D eigenvalue weighted by atomic mass is 35.5. The van der Waals surface area contributed by atoms with Crippen molar-refractivity contribution >= 4 is 39.1 Å². The number of anilines is 1. The molecule has 7 nitrogen and oxygen atoms in total. The van der Waals surface area contributed by atoms with Gasteiger partial charge in [-0.15, -0.1) is 0 Å². The van der Waals surface area contributed by atoms with Gasteiger partial charge >= 0.3 is 0 Å². The second-order valence-electron chi connectivity index (χ2n) is 9.86. The van der Waals surface area contributed by atoms with Gasteiger partial charge in [-0.3, -0.25) is 13.9 Å². The van der Waals surface area contributed by atoms with Crippen LogP contribution in [0.25, 0.3) is 0 Å². The SMILES string of the molecule is CC[C@@H](C(=O)NC(C)C)N(Cc1ccccc1Cl)C(=O)CN(c1cccc(C)c1)S(=O)(=O)c1ccc(C)cc1. The van der Waals surface area contributed by atoms with Crippen molar-refractivity contribution in [2.24, 2.45) is 0 Å². The maximum atomic E-state index is 14.0. The number of carbonyl (C=O) groups is 2. The summed E-state index contributed by atoms with van der Waals surface area (Å²) in [5, 5.41) is 3.34. The largest absolute Gasteiger partial charge is 0.352 e. The standard InChI is InChI=1S/C30H36ClN3O4S/c1-6-28(30(36)32-21(2)3)33(19-24-11-7-8-13-27(24)31)29(35)20-34(25-12-9-10-23(5)18-25)39(37,38)26-16-14-22(4)15-17-26/h7-18,21,28H,6,19-20H2,1-5H3,(H,32,36)/t28-/m0/s1. The lowest BCUT2D eigenvalue weighted by Gasteiger charge is -2.33. The molecule has 0 aliphatic heterocycles. The van der Waals surface area contributed by atoms with E-state index in [1.165, 1.54) is 17.0 Å². The molecule has 0 aromatic heterocycles. The summed E-state index contributed by atoms with van der Waals surface area (Å²) >= 11 is 6.42. The van der Waals surface area contributed by atoms with Crippen LogP contribution in [0.1, 0.15) is 43.9 Å². The molecule has 0 aliphatic rings. The minimum Gasteiger partial charge on any atom is -0.352 e. The quantitative estimate of drug-likeness (QED) is 0.331. The second-order valence-corrected chi connectivity index (χ2v) is 12.1. The van der Waals surface area contributed by atoms with E-state index in [2.05, 4.69) is 5.32 Å². The van der Waals surface area contributed by atoms with Gasteiger partial charge in [-0.05, 0) is 75.6 Å². The van der Waals surface area contributed by atoms with Crippen LogP contribution in [0, 0.1) is 13.8 Å². The second kappa shape index (κ2) is 13.1. The molecule has 0 fully saturated rings. The Kier molecular flexibility index (Phi) is 10.2. The summed E-state index contributed by atoms with van der Waals surface area (Å²) in [7, 11) is -4.11. The van der Waals surface area contributed by atoms with Crippen LogP contribution in [0.3, 0.4) is 0 Å². The molecule has 1 atom stereocenters. The average Bonchev–Trinajstić information content (AvgIpc) is 2.87. The number of hydrogen-bond acceptors (Lipinski definition) is 4. The van der Waals surface area contributed by atoms with Crippen LogP contribution in [0.4, 0.5) is 5.69 Å². The smallest absolute Gasteiger partial charge is 0.264 e. The Morgan fingerprint density at radius 1 is 0.923 bits per heavy atom. The normalized spacial score (nSPS) is 12.2. The van der Waals surface area contributed by atoms with Crippen molar-refractivity contribution in [2.75, 3.05) is 10.8 Å². The van der Waals surface area contributed by atoms with Gasteiger partial charge in [0.25, 0.3) is 10.0 Å². The zero-order valence-corrected chi connectivity index (χ0v) is 24.6. The molecule has 0 saturated carbocycles. The van der Waals surface area contributed by atoms with E-state index in [-0.39, 0.29) is 23.4 Å². The molecule has 3 aromatic rings. The molecule has 9 heteroatoms. The number of hydrogen-bond donors (Lipinski definition) is 1. The molecule has 0 bridgehead atoms. The first-order valence-electron chi connectivity index (χ1n) is 12.9. The molecule has 0 spiro atoms. The number of aryl methyl sites for hydroxylation is 2. The maximum Gasteiger partial charge on any atom is 0.264 e. The van der Waals surface area contributed by atoms with E-state index in [4.69, 9.17) is 11.6 Å². The number of rotatable bonds is 11. The van der Waals surface area contributed by atoms with E-state index < -0.39 is 28.5 Å². The average molecular weight is 570 g/mol. The predicted molar refractivity (Wildman–Crippen MR) is 156 cm³/mol. The van der Waals surface area contributed by atoms with E-state index in [0.29, 0.717) is 22.7 Å². The van der Waals surface area contributed by atoms with Crippen LogP contribution in [0.2, 0.25) is 5.02 Å². The number of halogens is 1. The summed E-state index contributed by atoms with van der Waals surface area (Å²) in [6.45, 7) is 8.80. The first-order valence-corrected chi connectivity index (χ1v) is 14.7. The fraction of sp³-hybridized carbons (Fsp3) is 0.333. The van der Waals surface area contributed by atoms with Crippen molar-refractivity contribution in [3.63, 3.8) is 0 Å². The van der Waals surface area contributed by atoms with Crippen LogP contribution in [0.15, 0.2) is 77.7 Å². The van der Waals surface area contributed by atoms with E-state index >= 15 is 0 Å². The molecule has 0 heterocycles. The number of sulfonamides is 1. The van der Waals surface area contributed by atoms with Crippen LogP contribution < -0.4 is 9.62 Å². The molecular formula is C30H36ClN3O4S. The maximum absolute atomic E-state index is 14.0. The van der Waals surface area contributed by atoms with Gasteiger partial charge in [-0.25, -0.2) is 8.42 Å². The highest BCUT2D eigenvalue weighted by Crippen LogP contribution is 2.26. The zero-order chi connectivity index (χ0) is 28.7. The molecule has 0 unspecified atom stereocenters. The third kappa shape index (κ3) is 7.61. The number of carbonyl (C=O) groups excluding carboxylic acids is 2. The van der Waals surface area contributed by atoms with E-state index in [0.717, 1.165) is 15.4 Å². The van der Waals surface area contributed by atoms with Crippen LogP contribution in [-0.2, 0) is 26.2 Å². The van der Waals surface area contributed by atoms with Crippen molar-refractivity contribution in [2.45, 2.75) is 64.6 Å². The third-order valence-electron chi connectivity index (χ3n) is 6.29. The van der Waals surface area contributed by atoms with E-state index in [1.54, 1.807) is 54.6 Å². The molecule has 3 aromatic carbocycles. The zero-order valence-electron chi connectivity index (χ0n) is 23.0. The lowest BCUT2D eigenvalue weighted by molar-refractivity contribution is -0.140. The fourth-order valence-corrected chi connectivity index (χ4v) is 5.86. The summed E-state index contributed by atoms with van der Waals surface area (Å²) in [4.78, 5) is 28.7. The third-order valence-corrected chi connectivity index (χ3v) is 8.45. The Morgan fingerprint density at radius 3 is 2.18 bits per heavy atom. The Morgan fingerprint density at radius 2 is 1.59 bits per heavy atom. The topological polar surface area (TPSA) is 86.8 Å². The molecule has 3 rings (SSSR count). The van der Waals surface area contributed by atoms with Crippen LogP contribution >= 0.6 is 11.6 Å². The summed E-state index contributed by atoms with van der Waals surface area (Å²) in [6, 6.07) is 19.6. The van der Waals surface area contributed by atoms with Gasteiger partial charge in [0.2, 0.25) is 11.8 Å². The molecule has 208 valence electrons. The molecule has 0 radical (unpaired) electrons. The highest BCUT2D eigenvalue weighted by molar-refractivity contribution is 7.92. The van der Waals surface area contributed by atoms with E-state index in [9.17, 15) is 18.0 Å². The number of nitrogens with zero attached hydrogens (tertiary/aromatic N) is 2. The van der Waals surface area contributed by atoms with Crippen molar-refractivity contribution in [3.05, 3.63) is 94.5 Å². The lowest BCUT2D eigenvalue weighted by atomic mass is 10.1. The van der Waals surface area contributed by atoms with Crippen molar-refractivity contribution in [1.29, 1.82) is 0 Å². The van der Waals surface area contributed by atoms with Crippen LogP contribution in [0.5, 0.6) is 0 Å². The van der Waals surface area contributed by atoms with Crippen LogP contribution in [-0.4, -0.2) is 43.8 Å². The summed E-state index contributed by atoms with van der Waals surface area (Å²) in [6.07, 6.45) is 0.337. The molecule has 1 N–H and O–H groups in total. The lowest BCUT2D eigenvalue weighted by Crippen LogP contribution is -2.53. The highest BCUT2D eigenvalue weighted by Gasteiger charge is 2.34. The van der Waals surface area contributed by atoms with Gasteiger partial charge in [0.1, 0.15) is 12.6 Å². The monoisotopic (exact) mass is 569 g/mol. The van der Waals surface area contributed by atoms with Gasteiger partial charge < -0.3 is 10.2 Å². The molecule has 0 aliphatic carbocycles. The summed E-state index contributed by atoms with van der Waals surface area (Å²) in [5.41, 5.74) is 2.79. The minimum atomic E-state index is -4.11. The molecule has 2 amide bonds. The number of amides is 2. The van der Waals surface area contributed by atoms with Gasteiger partial charge in [0.15, 0.2) is 0 Å². The minimum absolute atomic E-state index is 0.0504. The molecular weight excluding hydrogens is 534 g/mol. The van der Waals surface area contributed by atoms with Crippen molar-refractivity contribution in [3.8, 4) is 0 Å². The Bertz CT molecular complexity index is 1410. The van der Waals surface area contributed by atoms with Gasteiger partial charge in [-0.1, -0.05) is 66.6 Å². The summed E-state index contributed by atoms with van der Waals surface area (Å²) in [5.74, 6) is -0.825. The predicted octanol–water partition coefficient (Wildman–Crippen LogP) is 5.48. The van der Waals surface area contributed by atoms with Gasteiger partial charge in [0.05, 0.1) is 10.6 Å². The first-order chi connectivity index (χ1) is 18.4. The molecule has 39 heavy (non-hydrogen) atoms. The first kappa shape index (κ1) is 30.2.